The Morgan fingerprint density at radius 1 is 1.29 bits per heavy atom. The van der Waals surface area contributed by atoms with Gasteiger partial charge in [0, 0.05) is 19.1 Å². The molecular formula is C12H24O2. The van der Waals surface area contributed by atoms with Crippen molar-refractivity contribution >= 4 is 6.29 Å². The quantitative estimate of drug-likeness (QED) is 0.637. The van der Waals surface area contributed by atoms with E-state index in [1.807, 2.05) is 0 Å². The first-order valence-electron chi connectivity index (χ1n) is 5.88. The van der Waals surface area contributed by atoms with Gasteiger partial charge in [-0.1, -0.05) is 26.7 Å². The van der Waals surface area contributed by atoms with E-state index in [9.17, 15) is 4.79 Å². The van der Waals surface area contributed by atoms with E-state index in [0.717, 1.165) is 32.3 Å². The fourth-order valence-electron chi connectivity index (χ4n) is 1.35. The molecule has 0 spiro atoms. The fourth-order valence-corrected chi connectivity index (χ4v) is 1.35. The highest BCUT2D eigenvalue weighted by Crippen LogP contribution is 2.08. The van der Waals surface area contributed by atoms with E-state index in [-0.39, 0.29) is 0 Å². The average Bonchev–Trinajstić information content (AvgIpc) is 2.78. The van der Waals surface area contributed by atoms with Gasteiger partial charge in [-0.15, -0.1) is 0 Å². The standard InChI is InChI=1S/C8H16O.C4H8O/c1-3-5-6-8(4-2)7-9;1-2-4-5-3-1/h7-8H,3-6H2,1-2H3;1-4H2. The monoisotopic (exact) mass is 200 g/mol. The molecule has 0 saturated carbocycles. The van der Waals surface area contributed by atoms with Gasteiger partial charge in [0.25, 0.3) is 0 Å². The number of carbonyl (C=O) groups is 1. The van der Waals surface area contributed by atoms with Gasteiger partial charge in [-0.05, 0) is 25.7 Å². The number of unbranched alkanes of at least 4 members (excludes halogenated alkanes) is 1. The number of ether oxygens (including phenoxy) is 1. The van der Waals surface area contributed by atoms with Crippen LogP contribution in [0.15, 0.2) is 0 Å². The molecule has 1 rings (SSSR count). The number of hydrogen-bond acceptors (Lipinski definition) is 2. The minimum absolute atomic E-state index is 0.324. The van der Waals surface area contributed by atoms with Crippen LogP contribution in [0.4, 0.5) is 0 Å². The van der Waals surface area contributed by atoms with Crippen molar-refractivity contribution < 1.29 is 9.53 Å². The molecule has 1 saturated heterocycles. The van der Waals surface area contributed by atoms with Crippen molar-refractivity contribution in [3.05, 3.63) is 0 Å². The third kappa shape index (κ3) is 8.24. The predicted molar refractivity (Wildman–Crippen MR) is 59.4 cm³/mol. The minimum Gasteiger partial charge on any atom is -0.381 e. The molecule has 0 amide bonds. The second kappa shape index (κ2) is 10.7. The van der Waals surface area contributed by atoms with E-state index < -0.39 is 0 Å². The van der Waals surface area contributed by atoms with Crippen molar-refractivity contribution in [2.75, 3.05) is 13.2 Å². The van der Waals surface area contributed by atoms with Gasteiger partial charge in [0.05, 0.1) is 0 Å². The Kier molecular flexibility index (Phi) is 10.4. The lowest BCUT2D eigenvalue weighted by atomic mass is 10.0. The first kappa shape index (κ1) is 13.6. The summed E-state index contributed by atoms with van der Waals surface area (Å²) in [5.74, 6) is 0.324. The molecule has 1 atom stereocenters. The van der Waals surface area contributed by atoms with Crippen LogP contribution in [0.2, 0.25) is 0 Å². The Labute approximate surface area is 88.0 Å². The van der Waals surface area contributed by atoms with Gasteiger partial charge >= 0.3 is 0 Å². The summed E-state index contributed by atoms with van der Waals surface area (Å²) in [6, 6.07) is 0. The Hall–Kier alpha value is -0.370. The van der Waals surface area contributed by atoms with E-state index in [1.54, 1.807) is 0 Å². The minimum atomic E-state index is 0.324. The number of carbonyl (C=O) groups excluding carboxylic acids is 1. The van der Waals surface area contributed by atoms with Crippen molar-refractivity contribution in [1.29, 1.82) is 0 Å². The maximum Gasteiger partial charge on any atom is 0.123 e. The topological polar surface area (TPSA) is 26.3 Å². The summed E-state index contributed by atoms with van der Waals surface area (Å²) in [5.41, 5.74) is 0. The first-order valence-corrected chi connectivity index (χ1v) is 5.88. The molecule has 1 unspecified atom stereocenters. The second-order valence-corrected chi connectivity index (χ2v) is 3.77. The zero-order chi connectivity index (χ0) is 10.6. The maximum absolute atomic E-state index is 10.2. The third-order valence-electron chi connectivity index (χ3n) is 2.47. The van der Waals surface area contributed by atoms with Crippen LogP contribution in [-0.2, 0) is 9.53 Å². The molecule has 14 heavy (non-hydrogen) atoms. The van der Waals surface area contributed by atoms with Crippen molar-refractivity contribution in [2.45, 2.75) is 52.4 Å². The normalized spacial score (nSPS) is 17.0. The molecule has 1 heterocycles. The Bertz CT molecular complexity index is 112. The van der Waals surface area contributed by atoms with Crippen LogP contribution in [0.25, 0.3) is 0 Å². The molecule has 0 N–H and O–H groups in total. The molecule has 0 aliphatic carbocycles. The van der Waals surface area contributed by atoms with E-state index >= 15 is 0 Å². The molecular weight excluding hydrogens is 176 g/mol. The molecule has 1 aliphatic heterocycles. The smallest absolute Gasteiger partial charge is 0.123 e. The molecule has 84 valence electrons. The van der Waals surface area contributed by atoms with Crippen LogP contribution in [0.3, 0.4) is 0 Å². The molecule has 0 aromatic carbocycles. The highest BCUT2D eigenvalue weighted by atomic mass is 16.5. The zero-order valence-corrected chi connectivity index (χ0v) is 9.63. The van der Waals surface area contributed by atoms with Crippen LogP contribution in [-0.4, -0.2) is 19.5 Å². The molecule has 0 bridgehead atoms. The van der Waals surface area contributed by atoms with Gasteiger partial charge in [0.2, 0.25) is 0 Å². The SMILES string of the molecule is C1CCOC1.CCCCC(C=O)CC. The van der Waals surface area contributed by atoms with E-state index in [4.69, 9.17) is 4.74 Å². The van der Waals surface area contributed by atoms with Gasteiger partial charge in [0.15, 0.2) is 0 Å². The van der Waals surface area contributed by atoms with Crippen LogP contribution >= 0.6 is 0 Å². The van der Waals surface area contributed by atoms with Gasteiger partial charge in [-0.25, -0.2) is 0 Å². The number of hydrogen-bond donors (Lipinski definition) is 0. The molecule has 1 aliphatic rings. The summed E-state index contributed by atoms with van der Waals surface area (Å²) in [6.07, 6.45) is 8.11. The van der Waals surface area contributed by atoms with Gasteiger partial charge in [-0.2, -0.15) is 0 Å². The van der Waals surface area contributed by atoms with Gasteiger partial charge < -0.3 is 9.53 Å². The van der Waals surface area contributed by atoms with Crippen molar-refractivity contribution in [3.63, 3.8) is 0 Å². The van der Waals surface area contributed by atoms with Crippen LogP contribution < -0.4 is 0 Å². The summed E-state index contributed by atoms with van der Waals surface area (Å²) in [5, 5.41) is 0. The predicted octanol–water partition coefficient (Wildman–Crippen LogP) is 3.20. The fraction of sp³-hybridized carbons (Fsp3) is 0.917. The summed E-state index contributed by atoms with van der Waals surface area (Å²) in [7, 11) is 0. The second-order valence-electron chi connectivity index (χ2n) is 3.77. The van der Waals surface area contributed by atoms with Gasteiger partial charge in [0.1, 0.15) is 6.29 Å². The lowest BCUT2D eigenvalue weighted by Gasteiger charge is -2.03. The first-order chi connectivity index (χ1) is 6.85. The van der Waals surface area contributed by atoms with Gasteiger partial charge in [-0.3, -0.25) is 0 Å². The average molecular weight is 200 g/mol. The number of aldehydes is 1. The van der Waals surface area contributed by atoms with Crippen LogP contribution in [0, 0.1) is 5.92 Å². The lowest BCUT2D eigenvalue weighted by Crippen LogP contribution is -1.98. The third-order valence-corrected chi connectivity index (χ3v) is 2.47. The lowest BCUT2D eigenvalue weighted by molar-refractivity contribution is -0.111. The molecule has 1 fully saturated rings. The highest BCUT2D eigenvalue weighted by molar-refractivity contribution is 5.53. The van der Waals surface area contributed by atoms with Crippen molar-refractivity contribution in [3.8, 4) is 0 Å². The van der Waals surface area contributed by atoms with Crippen molar-refractivity contribution in [2.24, 2.45) is 5.92 Å². The highest BCUT2D eigenvalue weighted by Gasteiger charge is 2.01. The Balaban J connectivity index is 0.000000280. The Morgan fingerprint density at radius 2 is 1.93 bits per heavy atom. The van der Waals surface area contributed by atoms with Crippen LogP contribution in [0.1, 0.15) is 52.4 Å². The largest absolute Gasteiger partial charge is 0.381 e. The molecule has 2 nitrogen and oxygen atoms in total. The molecule has 0 aromatic heterocycles. The zero-order valence-electron chi connectivity index (χ0n) is 9.63. The molecule has 2 heteroatoms. The van der Waals surface area contributed by atoms with E-state index in [2.05, 4.69) is 13.8 Å². The maximum atomic E-state index is 10.2. The summed E-state index contributed by atoms with van der Waals surface area (Å²) >= 11 is 0. The van der Waals surface area contributed by atoms with E-state index in [1.165, 1.54) is 25.7 Å². The summed E-state index contributed by atoms with van der Waals surface area (Å²) < 4.78 is 4.94. The van der Waals surface area contributed by atoms with E-state index in [0.29, 0.717) is 5.92 Å². The Morgan fingerprint density at radius 3 is 2.21 bits per heavy atom. The van der Waals surface area contributed by atoms with Crippen molar-refractivity contribution in [1.82, 2.24) is 0 Å². The summed E-state index contributed by atoms with van der Waals surface area (Å²) in [4.78, 5) is 10.2. The number of rotatable bonds is 5. The molecule has 0 aromatic rings. The van der Waals surface area contributed by atoms with Crippen LogP contribution in [0.5, 0.6) is 0 Å². The molecule has 0 radical (unpaired) electrons. The summed E-state index contributed by atoms with van der Waals surface area (Å²) in [6.45, 7) is 6.21.